The van der Waals surface area contributed by atoms with Gasteiger partial charge in [-0.1, -0.05) is 17.7 Å². The number of hydrogen-bond donors (Lipinski definition) is 2. The van der Waals surface area contributed by atoms with Crippen molar-refractivity contribution in [1.29, 1.82) is 0 Å². The van der Waals surface area contributed by atoms with Gasteiger partial charge < -0.3 is 10.4 Å². The number of hydrazone groups is 1. The number of nitrogens with one attached hydrogen (secondary N) is 1. The highest BCUT2D eigenvalue weighted by molar-refractivity contribution is 6.34. The average molecular weight is 402 g/mol. The van der Waals surface area contributed by atoms with Gasteiger partial charge in [0.05, 0.1) is 22.3 Å². The molecular formula is C18H19ClF3N3O2. The van der Waals surface area contributed by atoms with Crippen molar-refractivity contribution in [3.63, 3.8) is 0 Å². The van der Waals surface area contributed by atoms with Crippen LogP contribution in [-0.4, -0.2) is 35.9 Å². The summed E-state index contributed by atoms with van der Waals surface area (Å²) < 4.78 is 39.7. The zero-order valence-electron chi connectivity index (χ0n) is 14.5. The Labute approximate surface area is 159 Å². The van der Waals surface area contributed by atoms with Crippen LogP contribution in [0.3, 0.4) is 0 Å². The third-order valence-electron chi connectivity index (χ3n) is 4.02. The van der Waals surface area contributed by atoms with Gasteiger partial charge in [-0.15, -0.1) is 0 Å². The van der Waals surface area contributed by atoms with Gasteiger partial charge >= 0.3 is 6.18 Å². The van der Waals surface area contributed by atoms with Crippen LogP contribution < -0.4 is 5.32 Å². The fourth-order valence-corrected chi connectivity index (χ4v) is 2.77. The van der Waals surface area contributed by atoms with Crippen molar-refractivity contribution in [2.24, 2.45) is 11.0 Å². The highest BCUT2D eigenvalue weighted by Gasteiger charge is 2.37. The molecule has 2 N–H and O–H groups in total. The van der Waals surface area contributed by atoms with Crippen molar-refractivity contribution in [2.75, 3.05) is 7.05 Å². The molecule has 1 fully saturated rings. The lowest BCUT2D eigenvalue weighted by Gasteiger charge is -2.18. The van der Waals surface area contributed by atoms with Gasteiger partial charge in [0.15, 0.2) is 0 Å². The first kappa shape index (κ1) is 21.0. The largest absolute Gasteiger partial charge is 0.417 e. The molecule has 1 unspecified atom stereocenters. The van der Waals surface area contributed by atoms with Crippen molar-refractivity contribution in [2.45, 2.75) is 25.1 Å². The minimum Gasteiger partial charge on any atom is -0.394 e. The Kier molecular flexibility index (Phi) is 6.67. The third kappa shape index (κ3) is 5.11. The minimum absolute atomic E-state index is 0.121. The van der Waals surface area contributed by atoms with Gasteiger partial charge in [-0.3, -0.25) is 4.79 Å². The molecule has 1 saturated carbocycles. The highest BCUT2D eigenvalue weighted by Crippen LogP contribution is 2.37. The SMILES string of the molecule is C=NN(/C=C/C(=C\NC)C(O)C1CC1)C(=O)c1c(Cl)cccc1C(F)(F)F. The molecule has 0 aliphatic heterocycles. The Hall–Kier alpha value is -2.32. The number of hydrogen-bond acceptors (Lipinski definition) is 4. The summed E-state index contributed by atoms with van der Waals surface area (Å²) in [6, 6.07) is 3.08. The van der Waals surface area contributed by atoms with E-state index in [1.165, 1.54) is 12.1 Å². The maximum absolute atomic E-state index is 13.2. The molecule has 1 atom stereocenters. The summed E-state index contributed by atoms with van der Waals surface area (Å²) in [5, 5.41) is 16.8. The number of halogens is 4. The fourth-order valence-electron chi connectivity index (χ4n) is 2.51. The number of rotatable bonds is 7. The average Bonchev–Trinajstić information content (AvgIpc) is 3.44. The number of aliphatic hydroxyl groups is 1. The first-order valence-corrected chi connectivity index (χ1v) is 8.48. The van der Waals surface area contributed by atoms with Crippen LogP contribution in [-0.2, 0) is 6.18 Å². The zero-order chi connectivity index (χ0) is 20.2. The molecule has 1 amide bonds. The zero-order valence-corrected chi connectivity index (χ0v) is 15.3. The van der Waals surface area contributed by atoms with Crippen molar-refractivity contribution in [1.82, 2.24) is 10.3 Å². The van der Waals surface area contributed by atoms with Crippen molar-refractivity contribution < 1.29 is 23.1 Å². The topological polar surface area (TPSA) is 64.9 Å². The molecule has 0 saturated heterocycles. The standard InChI is InChI=1S/C18H19ClF3N3O2/c1-23-10-12(16(26)11-6-7-11)8-9-25(24-2)17(27)15-13(18(20,21)22)4-3-5-14(15)19/h3-5,8-11,16,23,26H,2,6-7H2,1H3/b9-8+,12-10+. The Morgan fingerprint density at radius 2 is 2.15 bits per heavy atom. The van der Waals surface area contributed by atoms with E-state index in [4.69, 9.17) is 11.6 Å². The number of alkyl halides is 3. The first-order valence-electron chi connectivity index (χ1n) is 8.10. The van der Waals surface area contributed by atoms with Crippen molar-refractivity contribution >= 4 is 24.2 Å². The van der Waals surface area contributed by atoms with E-state index in [0.717, 1.165) is 31.2 Å². The summed E-state index contributed by atoms with van der Waals surface area (Å²) in [6.07, 6.45) is 0.346. The molecule has 0 heterocycles. The van der Waals surface area contributed by atoms with Crippen molar-refractivity contribution in [3.8, 4) is 0 Å². The van der Waals surface area contributed by atoms with E-state index in [2.05, 4.69) is 17.1 Å². The molecule has 1 aliphatic rings. The second kappa shape index (κ2) is 8.58. The maximum Gasteiger partial charge on any atom is 0.417 e. The Morgan fingerprint density at radius 1 is 1.48 bits per heavy atom. The van der Waals surface area contributed by atoms with Crippen LogP contribution in [0.15, 0.2) is 47.3 Å². The van der Waals surface area contributed by atoms with E-state index in [0.29, 0.717) is 10.6 Å². The number of aliphatic hydroxyl groups excluding tert-OH is 1. The molecule has 1 aromatic rings. The smallest absolute Gasteiger partial charge is 0.394 e. The molecule has 0 aromatic heterocycles. The third-order valence-corrected chi connectivity index (χ3v) is 4.34. The van der Waals surface area contributed by atoms with Crippen LogP contribution in [0.5, 0.6) is 0 Å². The van der Waals surface area contributed by atoms with E-state index in [1.807, 2.05) is 0 Å². The Balaban J connectivity index is 2.34. The second-order valence-corrected chi connectivity index (χ2v) is 6.39. The molecule has 1 aromatic carbocycles. The van der Waals surface area contributed by atoms with Crippen LogP contribution in [0.2, 0.25) is 5.02 Å². The van der Waals surface area contributed by atoms with Gasteiger partial charge in [0.2, 0.25) is 0 Å². The molecule has 0 spiro atoms. The molecule has 146 valence electrons. The van der Waals surface area contributed by atoms with Gasteiger partial charge in [0, 0.05) is 26.2 Å². The van der Waals surface area contributed by atoms with Gasteiger partial charge in [-0.25, -0.2) is 5.01 Å². The van der Waals surface area contributed by atoms with Crippen LogP contribution in [0.1, 0.15) is 28.8 Å². The van der Waals surface area contributed by atoms with Gasteiger partial charge in [0.1, 0.15) is 0 Å². The number of carbonyl (C=O) groups excluding carboxylic acids is 1. The summed E-state index contributed by atoms with van der Waals surface area (Å²) >= 11 is 5.85. The summed E-state index contributed by atoms with van der Waals surface area (Å²) in [6.45, 7) is 3.23. The second-order valence-electron chi connectivity index (χ2n) is 5.98. The quantitative estimate of drug-likeness (QED) is 0.415. The molecule has 1 aliphatic carbocycles. The van der Waals surface area contributed by atoms with Crippen molar-refractivity contribution in [3.05, 3.63) is 58.4 Å². The fraction of sp³-hybridized carbons (Fsp3) is 0.333. The molecule has 2 rings (SSSR count). The van der Waals surface area contributed by atoms with Crippen LogP contribution in [0, 0.1) is 5.92 Å². The monoisotopic (exact) mass is 401 g/mol. The summed E-state index contributed by atoms with van der Waals surface area (Å²) in [4.78, 5) is 12.6. The predicted octanol–water partition coefficient (Wildman–Crippen LogP) is 3.80. The number of carbonyl (C=O) groups is 1. The Bertz CT molecular complexity index is 774. The maximum atomic E-state index is 13.2. The molecule has 0 radical (unpaired) electrons. The lowest BCUT2D eigenvalue weighted by atomic mass is 10.1. The lowest BCUT2D eigenvalue weighted by molar-refractivity contribution is -0.138. The normalized spacial score (nSPS) is 16.3. The number of benzene rings is 1. The summed E-state index contributed by atoms with van der Waals surface area (Å²) in [7, 11) is 1.64. The van der Waals surface area contributed by atoms with E-state index >= 15 is 0 Å². The summed E-state index contributed by atoms with van der Waals surface area (Å²) in [5.41, 5.74) is -1.41. The van der Waals surface area contributed by atoms with E-state index in [-0.39, 0.29) is 10.9 Å². The van der Waals surface area contributed by atoms with Gasteiger partial charge in [-0.05, 0) is 42.5 Å². The van der Waals surface area contributed by atoms with Gasteiger partial charge in [-0.2, -0.15) is 18.3 Å². The number of amides is 1. The Morgan fingerprint density at radius 3 is 2.67 bits per heavy atom. The molecule has 27 heavy (non-hydrogen) atoms. The highest BCUT2D eigenvalue weighted by atomic mass is 35.5. The lowest BCUT2D eigenvalue weighted by Crippen LogP contribution is -2.24. The summed E-state index contributed by atoms with van der Waals surface area (Å²) in [5.74, 6) is -0.959. The minimum atomic E-state index is -4.76. The number of nitrogens with zero attached hydrogens (tertiary/aromatic N) is 2. The molecule has 5 nitrogen and oxygen atoms in total. The predicted molar refractivity (Wildman–Crippen MR) is 97.2 cm³/mol. The van der Waals surface area contributed by atoms with Crippen LogP contribution in [0.4, 0.5) is 13.2 Å². The molecule has 9 heteroatoms. The van der Waals surface area contributed by atoms with Gasteiger partial charge in [0.25, 0.3) is 5.91 Å². The first-order chi connectivity index (χ1) is 12.7. The molecule has 0 bridgehead atoms. The van der Waals surface area contributed by atoms with Crippen LogP contribution in [0.25, 0.3) is 0 Å². The van der Waals surface area contributed by atoms with Crippen LogP contribution >= 0.6 is 11.6 Å². The van der Waals surface area contributed by atoms with E-state index < -0.39 is 29.3 Å². The molecular weight excluding hydrogens is 383 g/mol. The van der Waals surface area contributed by atoms with E-state index in [1.54, 1.807) is 13.2 Å². The van der Waals surface area contributed by atoms with E-state index in [9.17, 15) is 23.1 Å².